The van der Waals surface area contributed by atoms with E-state index in [0.29, 0.717) is 5.69 Å². The van der Waals surface area contributed by atoms with Crippen molar-refractivity contribution in [3.63, 3.8) is 0 Å². The number of aryl methyl sites for hydroxylation is 1. The Bertz CT molecular complexity index is 518. The highest BCUT2D eigenvalue weighted by atomic mass is 79.9. The fraction of sp³-hybridized carbons (Fsp3) is 0.571. The molecule has 0 aromatic carbocycles. The molecule has 0 unspecified atom stereocenters. The summed E-state index contributed by atoms with van der Waals surface area (Å²) < 4.78 is 2.57. The quantitative estimate of drug-likeness (QED) is 0.883. The largest absolute Gasteiger partial charge is 0.481 e. The van der Waals surface area contributed by atoms with E-state index in [1.54, 1.807) is 23.9 Å². The summed E-state index contributed by atoms with van der Waals surface area (Å²) in [5.41, 5.74) is -0.0648. The highest BCUT2D eigenvalue weighted by Crippen LogP contribution is 2.31. The number of carboxylic acid groups (broad SMARTS) is 1. The van der Waals surface area contributed by atoms with Crippen LogP contribution in [0.1, 0.15) is 49.0 Å². The molecule has 1 aromatic rings. The lowest BCUT2D eigenvalue weighted by molar-refractivity contribution is -0.139. The molecule has 2 rings (SSSR count). The molecule has 6 heteroatoms. The number of hydrogen-bond acceptors (Lipinski definition) is 2. The second-order valence-electron chi connectivity index (χ2n) is 5.52. The van der Waals surface area contributed by atoms with Gasteiger partial charge in [0.1, 0.15) is 5.69 Å². The normalized spacial score (nSPS) is 17.7. The van der Waals surface area contributed by atoms with E-state index >= 15 is 0 Å². The summed E-state index contributed by atoms with van der Waals surface area (Å²) in [6.07, 6.45) is 6.29. The third kappa shape index (κ3) is 3.42. The van der Waals surface area contributed by atoms with Gasteiger partial charge < -0.3 is 15.0 Å². The van der Waals surface area contributed by atoms with Crippen LogP contribution in [0, 0.1) is 0 Å². The number of carbonyl (C=O) groups excluding carboxylic acids is 1. The van der Waals surface area contributed by atoms with Gasteiger partial charge in [-0.1, -0.05) is 19.3 Å². The number of hydrogen-bond donors (Lipinski definition) is 2. The molecular formula is C14H19BrN2O3. The monoisotopic (exact) mass is 342 g/mol. The van der Waals surface area contributed by atoms with E-state index in [1.165, 1.54) is 0 Å². The van der Waals surface area contributed by atoms with Crippen LogP contribution >= 0.6 is 15.9 Å². The summed E-state index contributed by atoms with van der Waals surface area (Å²) in [5, 5.41) is 12.1. The van der Waals surface area contributed by atoms with Crippen molar-refractivity contribution in [1.82, 2.24) is 9.88 Å². The number of carboxylic acids is 1. The van der Waals surface area contributed by atoms with Crippen LogP contribution in [0.25, 0.3) is 0 Å². The van der Waals surface area contributed by atoms with E-state index in [1.807, 2.05) is 0 Å². The minimum Gasteiger partial charge on any atom is -0.481 e. The summed E-state index contributed by atoms with van der Waals surface area (Å²) in [5.74, 6) is -1.07. The molecule has 1 amide bonds. The molecule has 0 bridgehead atoms. The smallest absolute Gasteiger partial charge is 0.305 e. The van der Waals surface area contributed by atoms with Crippen LogP contribution < -0.4 is 5.32 Å². The SMILES string of the molecule is Cn1cc(Br)cc1C(=O)NC1(CC(=O)O)CCCCC1. The van der Waals surface area contributed by atoms with Gasteiger partial charge in [-0.25, -0.2) is 0 Å². The zero-order chi connectivity index (χ0) is 14.8. The first kappa shape index (κ1) is 15.1. The maximum atomic E-state index is 12.4. The van der Waals surface area contributed by atoms with Crippen LogP contribution in [0.3, 0.4) is 0 Å². The number of nitrogens with one attached hydrogen (secondary N) is 1. The minimum atomic E-state index is -0.861. The number of aromatic nitrogens is 1. The number of nitrogens with zero attached hydrogens (tertiary/aromatic N) is 1. The first-order chi connectivity index (χ1) is 9.42. The lowest BCUT2D eigenvalue weighted by Gasteiger charge is -2.37. The van der Waals surface area contributed by atoms with Crippen molar-refractivity contribution in [2.45, 2.75) is 44.1 Å². The van der Waals surface area contributed by atoms with Crippen molar-refractivity contribution in [2.24, 2.45) is 7.05 Å². The maximum Gasteiger partial charge on any atom is 0.305 e. The van der Waals surface area contributed by atoms with Crippen LogP contribution in [-0.2, 0) is 11.8 Å². The molecule has 1 aliphatic rings. The first-order valence-electron chi connectivity index (χ1n) is 6.78. The average molecular weight is 343 g/mol. The second-order valence-corrected chi connectivity index (χ2v) is 6.44. The molecule has 5 nitrogen and oxygen atoms in total. The van der Waals surface area contributed by atoms with Crippen LogP contribution in [0.5, 0.6) is 0 Å². The van der Waals surface area contributed by atoms with E-state index in [9.17, 15) is 9.59 Å². The fourth-order valence-electron chi connectivity index (χ4n) is 2.92. The molecule has 1 heterocycles. The Hall–Kier alpha value is -1.30. The van der Waals surface area contributed by atoms with Crippen molar-refractivity contribution in [3.8, 4) is 0 Å². The minimum absolute atomic E-state index is 0.00959. The van der Waals surface area contributed by atoms with Crippen molar-refractivity contribution in [3.05, 3.63) is 22.4 Å². The molecule has 20 heavy (non-hydrogen) atoms. The van der Waals surface area contributed by atoms with E-state index < -0.39 is 11.5 Å². The molecule has 0 atom stereocenters. The number of amides is 1. The Morgan fingerprint density at radius 3 is 2.55 bits per heavy atom. The molecule has 1 aromatic heterocycles. The van der Waals surface area contributed by atoms with Gasteiger partial charge in [-0.05, 0) is 34.8 Å². The molecule has 1 saturated carbocycles. The number of aliphatic carboxylic acids is 1. The summed E-state index contributed by atoms with van der Waals surface area (Å²) in [6, 6.07) is 1.74. The third-order valence-corrected chi connectivity index (χ3v) is 4.32. The number of halogens is 1. The summed E-state index contributed by atoms with van der Waals surface area (Å²) in [4.78, 5) is 23.5. The highest BCUT2D eigenvalue weighted by Gasteiger charge is 2.36. The Morgan fingerprint density at radius 1 is 1.40 bits per heavy atom. The van der Waals surface area contributed by atoms with Gasteiger partial charge >= 0.3 is 5.97 Å². The van der Waals surface area contributed by atoms with Gasteiger partial charge in [0.15, 0.2) is 0 Å². The Morgan fingerprint density at radius 2 is 2.05 bits per heavy atom. The van der Waals surface area contributed by atoms with Gasteiger partial charge in [0, 0.05) is 17.7 Å². The number of rotatable bonds is 4. The van der Waals surface area contributed by atoms with E-state index in [2.05, 4.69) is 21.2 Å². The van der Waals surface area contributed by atoms with Crippen molar-refractivity contribution in [2.75, 3.05) is 0 Å². The Balaban J connectivity index is 2.17. The molecule has 0 saturated heterocycles. The number of carbonyl (C=O) groups is 2. The maximum absolute atomic E-state index is 12.4. The van der Waals surface area contributed by atoms with Gasteiger partial charge in [0.05, 0.1) is 12.0 Å². The van der Waals surface area contributed by atoms with E-state index in [4.69, 9.17) is 5.11 Å². The van der Waals surface area contributed by atoms with Gasteiger partial charge in [0.2, 0.25) is 0 Å². The standard InChI is InChI=1S/C14H19BrN2O3/c1-17-9-10(15)7-11(17)13(20)16-14(8-12(18)19)5-3-2-4-6-14/h7,9H,2-6,8H2,1H3,(H,16,20)(H,18,19). The van der Waals surface area contributed by atoms with E-state index in [-0.39, 0.29) is 12.3 Å². The van der Waals surface area contributed by atoms with Crippen LogP contribution in [0.15, 0.2) is 16.7 Å². The predicted molar refractivity (Wildman–Crippen MR) is 78.6 cm³/mol. The molecular weight excluding hydrogens is 324 g/mol. The van der Waals surface area contributed by atoms with Gasteiger partial charge in [-0.2, -0.15) is 0 Å². The second kappa shape index (κ2) is 5.99. The van der Waals surface area contributed by atoms with Crippen molar-refractivity contribution >= 4 is 27.8 Å². The summed E-state index contributed by atoms with van der Waals surface area (Å²) in [6.45, 7) is 0. The van der Waals surface area contributed by atoms with E-state index in [0.717, 1.165) is 36.6 Å². The van der Waals surface area contributed by atoms with Crippen LogP contribution in [-0.4, -0.2) is 27.1 Å². The molecule has 2 N–H and O–H groups in total. The first-order valence-corrected chi connectivity index (χ1v) is 7.57. The summed E-state index contributed by atoms with van der Waals surface area (Å²) in [7, 11) is 1.80. The van der Waals surface area contributed by atoms with Crippen molar-refractivity contribution in [1.29, 1.82) is 0 Å². The highest BCUT2D eigenvalue weighted by molar-refractivity contribution is 9.10. The molecule has 1 aliphatic carbocycles. The Labute approximate surface area is 126 Å². The molecule has 0 radical (unpaired) electrons. The van der Waals surface area contributed by atoms with Gasteiger partial charge in [-0.15, -0.1) is 0 Å². The van der Waals surface area contributed by atoms with Crippen LogP contribution in [0.4, 0.5) is 0 Å². The molecule has 1 fully saturated rings. The summed E-state index contributed by atoms with van der Waals surface area (Å²) >= 11 is 3.34. The third-order valence-electron chi connectivity index (χ3n) is 3.88. The Kier molecular flexibility index (Phi) is 4.52. The van der Waals surface area contributed by atoms with Crippen molar-refractivity contribution < 1.29 is 14.7 Å². The van der Waals surface area contributed by atoms with Crippen LogP contribution in [0.2, 0.25) is 0 Å². The molecule has 0 spiro atoms. The average Bonchev–Trinajstić information content (AvgIpc) is 2.68. The predicted octanol–water partition coefficient (Wildman–Crippen LogP) is 2.70. The topological polar surface area (TPSA) is 71.3 Å². The lowest BCUT2D eigenvalue weighted by Crippen LogP contribution is -2.51. The zero-order valence-corrected chi connectivity index (χ0v) is 13.1. The lowest BCUT2D eigenvalue weighted by atomic mass is 9.79. The van der Waals surface area contributed by atoms with Gasteiger partial charge in [0.25, 0.3) is 5.91 Å². The molecule has 110 valence electrons. The fourth-order valence-corrected chi connectivity index (χ4v) is 3.44. The zero-order valence-electron chi connectivity index (χ0n) is 11.5. The molecule has 0 aliphatic heterocycles. The van der Waals surface area contributed by atoms with Gasteiger partial charge in [-0.3, -0.25) is 9.59 Å².